The molecule has 2 aromatic rings. The molecule has 0 aliphatic rings. The average Bonchev–Trinajstić information content (AvgIpc) is 2.90. The van der Waals surface area contributed by atoms with Gasteiger partial charge in [-0.3, -0.25) is 4.79 Å². The molecule has 0 fully saturated rings. The molecule has 0 aliphatic carbocycles. The molecule has 24 heavy (non-hydrogen) atoms. The van der Waals surface area contributed by atoms with Gasteiger partial charge in [-0.2, -0.15) is 0 Å². The van der Waals surface area contributed by atoms with Gasteiger partial charge in [-0.05, 0) is 26.0 Å². The van der Waals surface area contributed by atoms with E-state index in [0.717, 1.165) is 11.3 Å². The standard InChI is InChI=1S/C15H14Cl2N2O4S/c1-7-13(15(21)22)24-14(19-7)8(2)18-12(20)6-23-11-5-9(16)3-4-10(11)17/h3-5,8H,6H2,1-2H3,(H,18,20)(H,21,22). The Morgan fingerprint density at radius 1 is 1.42 bits per heavy atom. The number of nitrogens with zero attached hydrogens (tertiary/aromatic N) is 1. The number of rotatable bonds is 6. The topological polar surface area (TPSA) is 88.5 Å². The van der Waals surface area contributed by atoms with Gasteiger partial charge in [0.05, 0.1) is 16.8 Å². The molecule has 1 unspecified atom stereocenters. The van der Waals surface area contributed by atoms with Gasteiger partial charge >= 0.3 is 5.97 Å². The molecule has 1 aromatic heterocycles. The summed E-state index contributed by atoms with van der Waals surface area (Å²) in [6.45, 7) is 3.08. The lowest BCUT2D eigenvalue weighted by atomic mass is 10.3. The minimum Gasteiger partial charge on any atom is -0.482 e. The number of thiazole rings is 1. The minimum atomic E-state index is -1.03. The summed E-state index contributed by atoms with van der Waals surface area (Å²) >= 11 is 12.8. The second kappa shape index (κ2) is 7.83. The number of carbonyl (C=O) groups excluding carboxylic acids is 1. The van der Waals surface area contributed by atoms with E-state index in [1.54, 1.807) is 26.0 Å². The number of amides is 1. The van der Waals surface area contributed by atoms with Crippen LogP contribution in [0.25, 0.3) is 0 Å². The zero-order valence-electron chi connectivity index (χ0n) is 12.8. The molecule has 1 heterocycles. The number of aromatic carboxylic acids is 1. The minimum absolute atomic E-state index is 0.160. The molecule has 0 bridgehead atoms. The molecule has 128 valence electrons. The number of carbonyl (C=O) groups is 2. The number of nitrogens with one attached hydrogen (secondary N) is 1. The van der Waals surface area contributed by atoms with E-state index in [-0.39, 0.29) is 17.4 Å². The second-order valence-electron chi connectivity index (χ2n) is 4.92. The van der Waals surface area contributed by atoms with Crippen molar-refractivity contribution in [2.24, 2.45) is 0 Å². The van der Waals surface area contributed by atoms with Crippen LogP contribution in [0.2, 0.25) is 10.0 Å². The summed E-state index contributed by atoms with van der Waals surface area (Å²) in [7, 11) is 0. The summed E-state index contributed by atoms with van der Waals surface area (Å²) in [5.74, 6) is -1.11. The first-order valence-corrected chi connectivity index (χ1v) is 8.43. The number of aromatic nitrogens is 1. The van der Waals surface area contributed by atoms with Crippen molar-refractivity contribution in [1.29, 1.82) is 0 Å². The molecule has 1 aromatic carbocycles. The highest BCUT2D eigenvalue weighted by molar-refractivity contribution is 7.13. The molecule has 0 saturated heterocycles. The van der Waals surface area contributed by atoms with E-state index < -0.39 is 12.0 Å². The average molecular weight is 389 g/mol. The molecule has 2 rings (SSSR count). The molecule has 0 radical (unpaired) electrons. The monoisotopic (exact) mass is 388 g/mol. The third kappa shape index (κ3) is 4.59. The Balaban J connectivity index is 1.95. The molecule has 2 N–H and O–H groups in total. The van der Waals surface area contributed by atoms with E-state index in [2.05, 4.69) is 10.3 Å². The van der Waals surface area contributed by atoms with Crippen molar-refractivity contribution in [3.63, 3.8) is 0 Å². The van der Waals surface area contributed by atoms with Crippen LogP contribution in [0.3, 0.4) is 0 Å². The molecule has 9 heteroatoms. The zero-order chi connectivity index (χ0) is 17.9. The van der Waals surface area contributed by atoms with Crippen molar-refractivity contribution in [2.75, 3.05) is 6.61 Å². The fourth-order valence-corrected chi connectivity index (χ4v) is 3.12. The SMILES string of the molecule is Cc1nc(C(C)NC(=O)COc2cc(Cl)ccc2Cl)sc1C(=O)O. The smallest absolute Gasteiger partial charge is 0.347 e. The third-order valence-electron chi connectivity index (χ3n) is 3.01. The van der Waals surface area contributed by atoms with Gasteiger partial charge in [-0.15, -0.1) is 11.3 Å². The molecule has 0 saturated carbocycles. The maximum Gasteiger partial charge on any atom is 0.347 e. The summed E-state index contributed by atoms with van der Waals surface area (Å²) < 4.78 is 5.34. The van der Waals surface area contributed by atoms with Gasteiger partial charge in [0.2, 0.25) is 0 Å². The summed E-state index contributed by atoms with van der Waals surface area (Å²) in [5.41, 5.74) is 0.422. The summed E-state index contributed by atoms with van der Waals surface area (Å²) in [5, 5.41) is 13.0. The Bertz CT molecular complexity index is 779. The molecule has 0 spiro atoms. The number of carboxylic acids is 1. The van der Waals surface area contributed by atoms with Gasteiger partial charge in [-0.25, -0.2) is 9.78 Å². The van der Waals surface area contributed by atoms with Crippen molar-refractivity contribution < 1.29 is 19.4 Å². The fourth-order valence-electron chi connectivity index (χ4n) is 1.88. The van der Waals surface area contributed by atoms with Crippen molar-refractivity contribution in [3.8, 4) is 5.75 Å². The lowest BCUT2D eigenvalue weighted by Crippen LogP contribution is -2.31. The molecule has 1 atom stereocenters. The molecule has 0 aliphatic heterocycles. The van der Waals surface area contributed by atoms with E-state index in [1.165, 1.54) is 6.07 Å². The van der Waals surface area contributed by atoms with Crippen LogP contribution >= 0.6 is 34.5 Å². The predicted molar refractivity (Wildman–Crippen MR) is 92.3 cm³/mol. The highest BCUT2D eigenvalue weighted by atomic mass is 35.5. The van der Waals surface area contributed by atoms with Crippen molar-refractivity contribution in [3.05, 3.63) is 43.8 Å². The quantitative estimate of drug-likeness (QED) is 0.786. The molecular formula is C15H14Cl2N2O4S. The predicted octanol–water partition coefficient (Wildman–Crippen LogP) is 3.71. The van der Waals surface area contributed by atoms with Crippen LogP contribution in [0.15, 0.2) is 18.2 Å². The van der Waals surface area contributed by atoms with Crippen LogP contribution < -0.4 is 10.1 Å². The van der Waals surface area contributed by atoms with Gasteiger partial charge in [0, 0.05) is 11.1 Å². The van der Waals surface area contributed by atoms with E-state index >= 15 is 0 Å². The first-order chi connectivity index (χ1) is 11.3. The zero-order valence-corrected chi connectivity index (χ0v) is 15.1. The Morgan fingerprint density at radius 2 is 2.12 bits per heavy atom. The fraction of sp³-hybridized carbons (Fsp3) is 0.267. The summed E-state index contributed by atoms with van der Waals surface area (Å²) in [4.78, 5) is 27.3. The highest BCUT2D eigenvalue weighted by Crippen LogP contribution is 2.27. The Labute approximate surface area is 152 Å². The van der Waals surface area contributed by atoms with E-state index in [4.69, 9.17) is 33.0 Å². The molecule has 1 amide bonds. The lowest BCUT2D eigenvalue weighted by molar-refractivity contribution is -0.123. The van der Waals surface area contributed by atoms with Crippen LogP contribution in [0, 0.1) is 6.92 Å². The van der Waals surface area contributed by atoms with Gasteiger partial charge in [0.25, 0.3) is 5.91 Å². The van der Waals surface area contributed by atoms with Gasteiger partial charge in [-0.1, -0.05) is 23.2 Å². The van der Waals surface area contributed by atoms with Crippen LogP contribution in [-0.2, 0) is 4.79 Å². The van der Waals surface area contributed by atoms with Gasteiger partial charge in [0.1, 0.15) is 15.6 Å². The van der Waals surface area contributed by atoms with Crippen molar-refractivity contribution in [2.45, 2.75) is 19.9 Å². The Kier molecular flexibility index (Phi) is 6.04. The van der Waals surface area contributed by atoms with Gasteiger partial charge in [0.15, 0.2) is 6.61 Å². The molecule has 6 nitrogen and oxygen atoms in total. The van der Waals surface area contributed by atoms with Crippen LogP contribution in [0.1, 0.15) is 33.3 Å². The lowest BCUT2D eigenvalue weighted by Gasteiger charge is -2.12. The van der Waals surface area contributed by atoms with Crippen molar-refractivity contribution in [1.82, 2.24) is 10.3 Å². The summed E-state index contributed by atoms with van der Waals surface area (Å²) in [6.07, 6.45) is 0. The van der Waals surface area contributed by atoms with E-state index in [0.29, 0.717) is 26.5 Å². The Morgan fingerprint density at radius 3 is 2.75 bits per heavy atom. The highest BCUT2D eigenvalue weighted by Gasteiger charge is 2.19. The van der Waals surface area contributed by atoms with Crippen LogP contribution in [-0.4, -0.2) is 28.6 Å². The largest absolute Gasteiger partial charge is 0.482 e. The van der Waals surface area contributed by atoms with Crippen LogP contribution in [0.4, 0.5) is 0 Å². The summed E-state index contributed by atoms with van der Waals surface area (Å²) in [6, 6.07) is 4.27. The van der Waals surface area contributed by atoms with E-state index in [9.17, 15) is 9.59 Å². The normalized spacial score (nSPS) is 11.8. The maximum atomic E-state index is 12.0. The number of aryl methyl sites for hydroxylation is 1. The maximum absolute atomic E-state index is 12.0. The number of benzene rings is 1. The number of carboxylic acid groups (broad SMARTS) is 1. The third-order valence-corrected chi connectivity index (χ3v) is 4.88. The second-order valence-corrected chi connectivity index (χ2v) is 6.80. The van der Waals surface area contributed by atoms with Crippen molar-refractivity contribution >= 4 is 46.4 Å². The van der Waals surface area contributed by atoms with Crippen LogP contribution in [0.5, 0.6) is 5.75 Å². The first kappa shape index (κ1) is 18.5. The first-order valence-electron chi connectivity index (χ1n) is 6.85. The number of hydrogen-bond acceptors (Lipinski definition) is 5. The van der Waals surface area contributed by atoms with Gasteiger partial charge < -0.3 is 15.2 Å². The van der Waals surface area contributed by atoms with E-state index in [1.807, 2.05) is 0 Å². The Hall–Kier alpha value is -1.83. The number of ether oxygens (including phenoxy) is 1. The number of halogens is 2. The number of hydrogen-bond donors (Lipinski definition) is 2. The molecular weight excluding hydrogens is 375 g/mol.